The molecule has 1 N–H and O–H groups in total. The van der Waals surface area contributed by atoms with E-state index < -0.39 is 0 Å². The van der Waals surface area contributed by atoms with Gasteiger partial charge in [0.25, 0.3) is 0 Å². The van der Waals surface area contributed by atoms with Crippen LogP contribution in [0.15, 0.2) is 61.3 Å². The van der Waals surface area contributed by atoms with Crippen molar-refractivity contribution in [1.29, 1.82) is 0 Å². The maximum atomic E-state index is 12.6. The average Bonchev–Trinajstić information content (AvgIpc) is 3.16. The van der Waals surface area contributed by atoms with Crippen LogP contribution in [0.25, 0.3) is 5.69 Å². The molecular weight excluding hydrogens is 378 g/mol. The molecule has 4 rings (SSSR count). The zero-order chi connectivity index (χ0) is 21.1. The van der Waals surface area contributed by atoms with Gasteiger partial charge in [-0.1, -0.05) is 36.9 Å². The van der Waals surface area contributed by atoms with Crippen LogP contribution in [0.3, 0.4) is 0 Å². The Hall–Kier alpha value is -3.54. The van der Waals surface area contributed by atoms with Gasteiger partial charge >= 0.3 is 0 Å². The lowest BCUT2D eigenvalue weighted by molar-refractivity contribution is -0.116. The van der Waals surface area contributed by atoms with Crippen molar-refractivity contribution in [1.82, 2.24) is 9.78 Å². The minimum atomic E-state index is -0.112. The predicted molar refractivity (Wildman–Crippen MR) is 117 cm³/mol. The van der Waals surface area contributed by atoms with Gasteiger partial charge in [0.2, 0.25) is 5.91 Å². The molecule has 1 unspecified atom stereocenters. The summed E-state index contributed by atoms with van der Waals surface area (Å²) in [4.78, 5) is 12.6. The van der Waals surface area contributed by atoms with Crippen molar-refractivity contribution < 1.29 is 14.3 Å². The number of ether oxygens (including phenoxy) is 2. The van der Waals surface area contributed by atoms with Gasteiger partial charge in [0.1, 0.15) is 12.4 Å². The van der Waals surface area contributed by atoms with Gasteiger partial charge in [0, 0.05) is 17.9 Å². The maximum Gasteiger partial charge on any atom is 0.226 e. The monoisotopic (exact) mass is 403 g/mol. The summed E-state index contributed by atoms with van der Waals surface area (Å²) in [7, 11) is 0. The molecule has 0 saturated carbocycles. The van der Waals surface area contributed by atoms with Crippen molar-refractivity contribution in [2.24, 2.45) is 0 Å². The van der Waals surface area contributed by atoms with Crippen LogP contribution >= 0.6 is 0 Å². The fourth-order valence-electron chi connectivity index (χ4n) is 3.78. The van der Waals surface area contributed by atoms with Crippen molar-refractivity contribution in [3.8, 4) is 17.2 Å². The summed E-state index contributed by atoms with van der Waals surface area (Å²) in [5, 5.41) is 7.60. The molecule has 1 aromatic heterocycles. The Bertz CT molecular complexity index is 1090. The molecule has 1 atom stereocenters. The minimum absolute atomic E-state index is 0.0345. The van der Waals surface area contributed by atoms with Crippen molar-refractivity contribution in [3.05, 3.63) is 78.0 Å². The van der Waals surface area contributed by atoms with E-state index in [0.29, 0.717) is 31.1 Å². The zero-order valence-electron chi connectivity index (χ0n) is 17.2. The number of aryl methyl sites for hydroxylation is 1. The number of aromatic nitrogens is 2. The molecule has 30 heavy (non-hydrogen) atoms. The quantitative estimate of drug-likeness (QED) is 0.585. The number of hydrogen-bond donors (Lipinski definition) is 1. The number of anilines is 1. The summed E-state index contributed by atoms with van der Waals surface area (Å²) in [6.07, 6.45) is 3.89. The van der Waals surface area contributed by atoms with Gasteiger partial charge in [-0.25, -0.2) is 4.68 Å². The third kappa shape index (κ3) is 3.68. The maximum absolute atomic E-state index is 12.6. The second-order valence-corrected chi connectivity index (χ2v) is 7.19. The Morgan fingerprint density at radius 3 is 2.83 bits per heavy atom. The van der Waals surface area contributed by atoms with Crippen molar-refractivity contribution >= 4 is 11.7 Å². The standard InChI is InChI=1S/C24H25N3O3/c1-4-12-30-21-11-10-17(13-22(21)29-5-2)18-14-23(28)26-24-19(18)15-25-27(24)20-9-7-6-8-16(20)3/h4,6-11,13,15,18H,1,5,12,14H2,2-3H3,(H,26,28). The number of rotatable bonds is 7. The normalized spacial score (nSPS) is 15.3. The van der Waals surface area contributed by atoms with Gasteiger partial charge in [-0.3, -0.25) is 4.79 Å². The number of carbonyl (C=O) groups excluding carboxylic acids is 1. The van der Waals surface area contributed by atoms with Crippen molar-refractivity contribution in [3.63, 3.8) is 0 Å². The second kappa shape index (κ2) is 8.45. The Morgan fingerprint density at radius 1 is 1.23 bits per heavy atom. The summed E-state index contributed by atoms with van der Waals surface area (Å²) in [5.41, 5.74) is 4.01. The molecule has 0 fully saturated rings. The molecule has 0 spiro atoms. The van der Waals surface area contributed by atoms with Crippen LogP contribution in [-0.2, 0) is 4.79 Å². The third-order valence-corrected chi connectivity index (χ3v) is 5.19. The first-order valence-corrected chi connectivity index (χ1v) is 10.1. The van der Waals surface area contributed by atoms with Gasteiger partial charge in [0.15, 0.2) is 11.5 Å². The largest absolute Gasteiger partial charge is 0.490 e. The van der Waals surface area contributed by atoms with Crippen LogP contribution in [0.4, 0.5) is 5.82 Å². The molecule has 0 radical (unpaired) electrons. The SMILES string of the molecule is C=CCOc1ccc(C2CC(=O)Nc3c2cnn3-c2ccccc2C)cc1OCC. The Balaban J connectivity index is 1.75. The van der Waals surface area contributed by atoms with E-state index in [1.807, 2.05) is 62.5 Å². The van der Waals surface area contributed by atoms with E-state index in [4.69, 9.17) is 9.47 Å². The van der Waals surface area contributed by atoms with Gasteiger partial charge in [-0.15, -0.1) is 0 Å². The van der Waals surface area contributed by atoms with Gasteiger partial charge < -0.3 is 14.8 Å². The Morgan fingerprint density at radius 2 is 2.07 bits per heavy atom. The van der Waals surface area contributed by atoms with Crippen molar-refractivity contribution in [2.45, 2.75) is 26.2 Å². The summed E-state index contributed by atoms with van der Waals surface area (Å²) >= 11 is 0. The molecule has 1 aliphatic heterocycles. The third-order valence-electron chi connectivity index (χ3n) is 5.19. The topological polar surface area (TPSA) is 65.4 Å². The fourth-order valence-corrected chi connectivity index (χ4v) is 3.78. The summed E-state index contributed by atoms with van der Waals surface area (Å²) in [5.74, 6) is 1.90. The molecule has 2 aromatic carbocycles. The molecule has 0 bridgehead atoms. The van der Waals surface area contributed by atoms with Gasteiger partial charge in [-0.2, -0.15) is 5.10 Å². The van der Waals surface area contributed by atoms with Gasteiger partial charge in [-0.05, 0) is 43.2 Å². The van der Waals surface area contributed by atoms with E-state index >= 15 is 0 Å². The molecule has 6 nitrogen and oxygen atoms in total. The second-order valence-electron chi connectivity index (χ2n) is 7.19. The van der Waals surface area contributed by atoms with Crippen LogP contribution < -0.4 is 14.8 Å². The highest BCUT2D eigenvalue weighted by Gasteiger charge is 2.31. The van der Waals surface area contributed by atoms with Crippen LogP contribution in [0.5, 0.6) is 11.5 Å². The number of benzene rings is 2. The number of hydrogen-bond acceptors (Lipinski definition) is 4. The van der Waals surface area contributed by atoms with Crippen molar-refractivity contribution in [2.75, 3.05) is 18.5 Å². The first-order valence-electron chi connectivity index (χ1n) is 10.1. The van der Waals surface area contributed by atoms with Crippen LogP contribution in [0.1, 0.15) is 36.0 Å². The lowest BCUT2D eigenvalue weighted by Gasteiger charge is -2.25. The highest BCUT2D eigenvalue weighted by atomic mass is 16.5. The molecule has 1 amide bonds. The minimum Gasteiger partial charge on any atom is -0.490 e. The molecule has 0 aliphatic carbocycles. The van der Waals surface area contributed by atoms with Gasteiger partial charge in [0.05, 0.1) is 18.5 Å². The lowest BCUT2D eigenvalue weighted by Crippen LogP contribution is -2.24. The molecule has 0 saturated heterocycles. The van der Waals surface area contributed by atoms with Crippen LogP contribution in [0.2, 0.25) is 0 Å². The first-order chi connectivity index (χ1) is 14.6. The summed E-state index contributed by atoms with van der Waals surface area (Å²) < 4.78 is 13.3. The molecule has 2 heterocycles. The Labute approximate surface area is 176 Å². The predicted octanol–water partition coefficient (Wildman–Crippen LogP) is 4.62. The number of nitrogens with one attached hydrogen (secondary N) is 1. The molecule has 3 aromatic rings. The summed E-state index contributed by atoms with van der Waals surface area (Å²) in [6.45, 7) is 8.58. The molecule has 6 heteroatoms. The van der Waals surface area contributed by atoms with E-state index in [9.17, 15) is 4.79 Å². The highest BCUT2D eigenvalue weighted by Crippen LogP contribution is 2.41. The number of carbonyl (C=O) groups is 1. The number of fused-ring (bicyclic) bond motifs is 1. The summed E-state index contributed by atoms with van der Waals surface area (Å²) in [6, 6.07) is 13.8. The van der Waals surface area contributed by atoms with E-state index in [1.165, 1.54) is 0 Å². The van der Waals surface area contributed by atoms with E-state index in [2.05, 4.69) is 17.0 Å². The van der Waals surface area contributed by atoms with E-state index in [0.717, 1.165) is 28.2 Å². The van der Waals surface area contributed by atoms with E-state index in [-0.39, 0.29) is 11.8 Å². The molecule has 154 valence electrons. The number of para-hydroxylation sites is 1. The highest BCUT2D eigenvalue weighted by molar-refractivity contribution is 5.94. The number of nitrogens with zero attached hydrogens (tertiary/aromatic N) is 2. The molecular formula is C24H25N3O3. The first kappa shape index (κ1) is 19.8. The fraction of sp³-hybridized carbons (Fsp3) is 0.250. The Kier molecular flexibility index (Phi) is 5.57. The van der Waals surface area contributed by atoms with Crippen LogP contribution in [-0.4, -0.2) is 28.9 Å². The van der Waals surface area contributed by atoms with Crippen LogP contribution in [0, 0.1) is 6.92 Å². The van der Waals surface area contributed by atoms with E-state index in [1.54, 1.807) is 10.8 Å². The average molecular weight is 403 g/mol. The number of amides is 1. The smallest absolute Gasteiger partial charge is 0.226 e. The lowest BCUT2D eigenvalue weighted by atomic mass is 9.87. The zero-order valence-corrected chi connectivity index (χ0v) is 17.2. The molecule has 1 aliphatic rings.